The second-order valence-corrected chi connectivity index (χ2v) is 3.97. The molecule has 9 nitrogen and oxygen atoms in total. The Balaban J connectivity index is 2.30. The highest BCUT2D eigenvalue weighted by molar-refractivity contribution is 5.76. The van der Waals surface area contributed by atoms with Gasteiger partial charge < -0.3 is 20.6 Å². The summed E-state index contributed by atoms with van der Waals surface area (Å²) in [5.41, 5.74) is 1.71. The van der Waals surface area contributed by atoms with Crippen LogP contribution < -0.4 is 15.4 Å². The first-order chi connectivity index (χ1) is 8.98. The van der Waals surface area contributed by atoms with Gasteiger partial charge in [-0.3, -0.25) is 0 Å². The fourth-order valence-corrected chi connectivity index (χ4v) is 1.63. The number of rotatable bonds is 4. The number of nitrogens with zero attached hydrogens (tertiary/aromatic N) is 1. The number of fused-ring (bicyclic) bond motifs is 1. The van der Waals surface area contributed by atoms with E-state index in [1.165, 1.54) is 24.3 Å². The molecule has 4 N–H and O–H groups in total. The summed E-state index contributed by atoms with van der Waals surface area (Å²) in [5.74, 6) is 0. The van der Waals surface area contributed by atoms with E-state index in [1.807, 2.05) is 5.43 Å². The molecule has 19 heavy (non-hydrogen) atoms. The summed E-state index contributed by atoms with van der Waals surface area (Å²) in [6, 6.07) is 4.62. The third-order valence-electron chi connectivity index (χ3n) is 2.58. The minimum atomic E-state index is -1.71. The van der Waals surface area contributed by atoms with Crippen LogP contribution in [0.5, 0.6) is 0 Å². The van der Waals surface area contributed by atoms with Crippen molar-refractivity contribution in [3.05, 3.63) is 34.7 Å². The second-order valence-electron chi connectivity index (χ2n) is 3.97. The number of benzene rings is 1. The Labute approximate surface area is 107 Å². The minimum Gasteiger partial charge on any atom is -0.620 e. The van der Waals surface area contributed by atoms with E-state index in [2.05, 4.69) is 0 Å². The Morgan fingerprint density at radius 3 is 2.84 bits per heavy atom. The number of quaternary nitrogens is 2. The van der Waals surface area contributed by atoms with Gasteiger partial charge in [-0.15, -0.1) is 5.43 Å². The number of amides is 2. The van der Waals surface area contributed by atoms with Gasteiger partial charge in [0.1, 0.15) is 12.7 Å². The van der Waals surface area contributed by atoms with Crippen LogP contribution in [0.3, 0.4) is 0 Å². The molecule has 1 aliphatic heterocycles. The highest BCUT2D eigenvalue weighted by Crippen LogP contribution is 2.29. The monoisotopic (exact) mass is 271 g/mol. The smallest absolute Gasteiger partial charge is 0.467 e. The Kier molecular flexibility index (Phi) is 3.78. The summed E-state index contributed by atoms with van der Waals surface area (Å²) in [6.07, 6.45) is -1.26. The average Bonchev–Trinajstić information content (AvgIpc) is 2.42. The van der Waals surface area contributed by atoms with Gasteiger partial charge in [0.25, 0.3) is 5.69 Å². The van der Waals surface area contributed by atoms with Crippen molar-refractivity contribution < 1.29 is 24.9 Å². The summed E-state index contributed by atoms with van der Waals surface area (Å²) >= 11 is 0. The highest BCUT2D eigenvalue weighted by Gasteiger charge is 2.41. The van der Waals surface area contributed by atoms with Gasteiger partial charge in [0, 0.05) is 12.1 Å². The molecule has 2 amide bonds. The fourth-order valence-electron chi connectivity index (χ4n) is 1.63. The van der Waals surface area contributed by atoms with Gasteiger partial charge in [0.2, 0.25) is 5.69 Å². The Bertz CT molecular complexity index is 484. The van der Waals surface area contributed by atoms with E-state index in [1.54, 1.807) is 0 Å². The van der Waals surface area contributed by atoms with Crippen LogP contribution in [0.1, 0.15) is 0 Å². The summed E-state index contributed by atoms with van der Waals surface area (Å²) < 4.78 is 0. The van der Waals surface area contributed by atoms with Crippen LogP contribution in [-0.2, 0) is 4.84 Å². The highest BCUT2D eigenvalue weighted by atomic mass is 17.0. The number of aliphatic hydroxyl groups excluding tert-OH is 2. The van der Waals surface area contributed by atoms with E-state index in [-0.39, 0.29) is 11.4 Å². The number of carbonyl (C=O) groups excluding carboxylic acids is 1. The molecule has 3 unspecified atom stereocenters. The number of nitrogens with one attached hydrogen (secondary N) is 2. The van der Waals surface area contributed by atoms with Gasteiger partial charge in [-0.2, -0.15) is 4.84 Å². The van der Waals surface area contributed by atoms with Crippen LogP contribution in [0.25, 0.3) is 0 Å². The van der Waals surface area contributed by atoms with Crippen molar-refractivity contribution in [2.75, 3.05) is 13.2 Å². The Morgan fingerprint density at radius 1 is 1.47 bits per heavy atom. The third kappa shape index (κ3) is 2.57. The topological polar surface area (TPSA) is 129 Å². The molecule has 2 rings (SSSR count). The predicted molar refractivity (Wildman–Crippen MR) is 63.2 cm³/mol. The number of hydroxylamine groups is 1. The lowest BCUT2D eigenvalue weighted by Crippen LogP contribution is -3.09. The first-order valence-electron chi connectivity index (χ1n) is 5.48. The third-order valence-corrected chi connectivity index (χ3v) is 2.58. The Hall–Kier alpha value is -1.59. The van der Waals surface area contributed by atoms with E-state index in [0.29, 0.717) is 0 Å². The van der Waals surface area contributed by atoms with Crippen LogP contribution in [-0.4, -0.2) is 35.6 Å². The summed E-state index contributed by atoms with van der Waals surface area (Å²) in [5, 5.41) is 40.9. The maximum Gasteiger partial charge on any atom is 0.467 e. The molecule has 1 aromatic rings. The number of aliphatic hydroxyl groups is 2. The maximum atomic E-state index is 12.4. The summed E-state index contributed by atoms with van der Waals surface area (Å²) in [6.45, 7) is -1.09. The number of para-hydroxylation sites is 2. The number of urea groups is 1. The number of hydrogen-bond donors (Lipinski definition) is 4. The van der Waals surface area contributed by atoms with Crippen LogP contribution >= 0.6 is 0 Å². The number of carbonyl (C=O) groups is 1. The van der Waals surface area contributed by atoms with Crippen molar-refractivity contribution in [1.82, 2.24) is 10.3 Å². The zero-order valence-corrected chi connectivity index (χ0v) is 9.78. The maximum absolute atomic E-state index is 12.4. The molecule has 9 heteroatoms. The molecule has 3 atom stereocenters. The molecule has 0 saturated carbocycles. The number of hydrogen-bond acceptors (Lipinski definition) is 6. The second kappa shape index (κ2) is 5.19. The first kappa shape index (κ1) is 13.8. The standard InChI is InChI=1S/C10H13N3O6/c14-5-7(15)6-19-13(18)9-4-2-1-3-8(9)12(17)10(16)11-13/h1-4,7,12,14-15H,5-6H2,(H,11,16). The van der Waals surface area contributed by atoms with Gasteiger partial charge >= 0.3 is 6.03 Å². The van der Waals surface area contributed by atoms with Crippen LogP contribution in [0, 0.1) is 10.4 Å². The lowest BCUT2D eigenvalue weighted by atomic mass is 10.2. The van der Waals surface area contributed by atoms with Crippen molar-refractivity contribution in [1.29, 1.82) is 0 Å². The molecule has 1 aromatic carbocycles. The largest absolute Gasteiger partial charge is 0.620 e. The SMILES string of the molecule is O=C1N[N+]([O-])(OCC(O)CO)c2ccccc2[NH+]1[O-]. The van der Waals surface area contributed by atoms with Crippen LogP contribution in [0.2, 0.25) is 0 Å². The summed E-state index contributed by atoms with van der Waals surface area (Å²) in [4.78, 5) is 14.6. The van der Waals surface area contributed by atoms with E-state index in [4.69, 9.17) is 15.1 Å². The molecule has 104 valence electrons. The van der Waals surface area contributed by atoms with Crippen LogP contribution in [0.15, 0.2) is 24.3 Å². The molecule has 0 spiro atoms. The van der Waals surface area contributed by atoms with E-state index >= 15 is 0 Å². The zero-order valence-electron chi connectivity index (χ0n) is 9.78. The van der Waals surface area contributed by atoms with Crippen molar-refractivity contribution in [2.45, 2.75) is 6.10 Å². The normalized spacial score (nSPS) is 27.6. The van der Waals surface area contributed by atoms with E-state index < -0.39 is 35.3 Å². The van der Waals surface area contributed by atoms with Gasteiger partial charge in [-0.1, -0.05) is 17.1 Å². The Morgan fingerprint density at radius 2 is 2.16 bits per heavy atom. The van der Waals surface area contributed by atoms with Crippen molar-refractivity contribution >= 4 is 17.4 Å². The molecule has 1 aliphatic rings. The lowest BCUT2D eigenvalue weighted by molar-refractivity contribution is -0.686. The molecule has 0 fully saturated rings. The molecule has 0 radical (unpaired) electrons. The first-order valence-corrected chi connectivity index (χ1v) is 5.48. The van der Waals surface area contributed by atoms with E-state index in [9.17, 15) is 15.2 Å². The van der Waals surface area contributed by atoms with Crippen molar-refractivity contribution in [3.8, 4) is 0 Å². The van der Waals surface area contributed by atoms with Gasteiger partial charge in [0.15, 0.2) is 0 Å². The van der Waals surface area contributed by atoms with Gasteiger partial charge in [0.05, 0.1) is 6.61 Å². The molecule has 0 aliphatic carbocycles. The fraction of sp³-hybridized carbons (Fsp3) is 0.300. The predicted octanol–water partition coefficient (Wildman–Crippen LogP) is -1.57. The molecular weight excluding hydrogens is 258 g/mol. The van der Waals surface area contributed by atoms with Gasteiger partial charge in [-0.05, 0) is 0 Å². The van der Waals surface area contributed by atoms with Crippen LogP contribution in [0.4, 0.5) is 16.2 Å². The van der Waals surface area contributed by atoms with Crippen molar-refractivity contribution in [3.63, 3.8) is 0 Å². The molecule has 1 heterocycles. The zero-order chi connectivity index (χ0) is 14.0. The summed E-state index contributed by atoms with van der Waals surface area (Å²) in [7, 11) is 0. The minimum absolute atomic E-state index is 0.0558. The molecular formula is C10H13N3O6. The average molecular weight is 271 g/mol. The quantitative estimate of drug-likeness (QED) is 0.386. The lowest BCUT2D eigenvalue weighted by Gasteiger charge is -2.41. The van der Waals surface area contributed by atoms with Gasteiger partial charge in [-0.25, -0.2) is 9.86 Å². The molecule has 0 aromatic heterocycles. The molecule has 0 saturated heterocycles. The van der Waals surface area contributed by atoms with E-state index in [0.717, 1.165) is 0 Å². The molecule has 0 bridgehead atoms. The van der Waals surface area contributed by atoms with Crippen molar-refractivity contribution in [2.24, 2.45) is 0 Å².